The summed E-state index contributed by atoms with van der Waals surface area (Å²) in [7, 11) is -2.55. The van der Waals surface area contributed by atoms with Crippen LogP contribution in [0.5, 0.6) is 0 Å². The quantitative estimate of drug-likeness (QED) is 0.414. The van der Waals surface area contributed by atoms with Crippen molar-refractivity contribution in [1.29, 1.82) is 0 Å². The predicted molar refractivity (Wildman–Crippen MR) is 95.4 cm³/mol. The molecule has 0 radical (unpaired) electrons. The molecule has 1 aliphatic carbocycles. The third-order valence-electron chi connectivity index (χ3n) is 3.86. The van der Waals surface area contributed by atoms with Crippen LogP contribution < -0.4 is 10.0 Å². The van der Waals surface area contributed by atoms with Gasteiger partial charge in [-0.1, -0.05) is 25.7 Å². The Kier molecular flexibility index (Phi) is 9.14. The van der Waals surface area contributed by atoms with Crippen molar-refractivity contribution in [3.05, 3.63) is 11.2 Å². The number of methoxy groups -OCH3 is 1. The Morgan fingerprint density at radius 3 is 2.58 bits per heavy atom. The summed E-state index contributed by atoms with van der Waals surface area (Å²) in [6.45, 7) is 0.841. The van der Waals surface area contributed by atoms with Crippen molar-refractivity contribution < 1.29 is 17.9 Å². The molecule has 0 atom stereocenters. The second kappa shape index (κ2) is 10.3. The summed E-state index contributed by atoms with van der Waals surface area (Å²) < 4.78 is 31.5. The molecule has 1 aromatic heterocycles. The molecule has 0 saturated heterocycles. The van der Waals surface area contributed by atoms with Crippen LogP contribution in [-0.2, 0) is 14.8 Å². The maximum atomic E-state index is 12.3. The lowest BCUT2D eigenvalue weighted by atomic mass is 10.1. The van der Waals surface area contributed by atoms with Gasteiger partial charge in [0, 0.05) is 19.1 Å². The first-order valence-corrected chi connectivity index (χ1v) is 10.2. The van der Waals surface area contributed by atoms with E-state index in [-0.39, 0.29) is 28.9 Å². The van der Waals surface area contributed by atoms with Crippen LogP contribution >= 0.6 is 23.7 Å². The first-order valence-electron chi connectivity index (χ1n) is 7.79. The number of nitrogens with one attached hydrogen (secondary N) is 2. The second-order valence-corrected chi connectivity index (χ2v) is 8.34. The van der Waals surface area contributed by atoms with Gasteiger partial charge < -0.3 is 10.1 Å². The summed E-state index contributed by atoms with van der Waals surface area (Å²) >= 11 is 0.906. The third-order valence-corrected chi connectivity index (χ3v) is 6.69. The van der Waals surface area contributed by atoms with E-state index in [9.17, 15) is 13.2 Å². The Morgan fingerprint density at radius 2 is 1.96 bits per heavy atom. The summed E-state index contributed by atoms with van der Waals surface area (Å²) in [6, 6.07) is 0.469. The first-order chi connectivity index (χ1) is 11.0. The molecule has 24 heavy (non-hydrogen) atoms. The van der Waals surface area contributed by atoms with Gasteiger partial charge in [-0.3, -0.25) is 0 Å². The number of hydrogen-bond donors (Lipinski definition) is 2. The number of hydrogen-bond acceptors (Lipinski definition) is 7. The third kappa shape index (κ3) is 5.96. The van der Waals surface area contributed by atoms with Gasteiger partial charge in [0.25, 0.3) is 10.0 Å². The van der Waals surface area contributed by atoms with Gasteiger partial charge in [0.05, 0.1) is 12.6 Å². The molecule has 1 fully saturated rings. The average molecular weight is 398 g/mol. The molecule has 1 aliphatic rings. The first kappa shape index (κ1) is 21.3. The Balaban J connectivity index is 0.00000288. The van der Waals surface area contributed by atoms with E-state index in [0.717, 1.165) is 24.2 Å². The Morgan fingerprint density at radius 1 is 1.29 bits per heavy atom. The number of esters is 1. The van der Waals surface area contributed by atoms with Crippen LogP contribution in [0.25, 0.3) is 0 Å². The van der Waals surface area contributed by atoms with Crippen LogP contribution in [0.4, 0.5) is 0 Å². The molecule has 0 amide bonds. The predicted octanol–water partition coefficient (Wildman–Crippen LogP) is 1.94. The van der Waals surface area contributed by atoms with Gasteiger partial charge in [-0.25, -0.2) is 22.9 Å². The molecule has 0 spiro atoms. The van der Waals surface area contributed by atoms with Crippen LogP contribution in [0.1, 0.15) is 49.0 Å². The van der Waals surface area contributed by atoms with Gasteiger partial charge in [-0.2, -0.15) is 0 Å². The highest BCUT2D eigenvalue weighted by molar-refractivity contribution is 7.91. The van der Waals surface area contributed by atoms with Gasteiger partial charge in [0.1, 0.15) is 0 Å². The minimum atomic E-state index is -3.75. The lowest BCUT2D eigenvalue weighted by molar-refractivity contribution is 0.0590. The van der Waals surface area contributed by atoms with E-state index in [4.69, 9.17) is 0 Å². The molecular formula is C14H24ClN3O4S2. The van der Waals surface area contributed by atoms with Crippen LogP contribution in [0, 0.1) is 0 Å². The molecule has 0 bridgehead atoms. The monoisotopic (exact) mass is 397 g/mol. The summed E-state index contributed by atoms with van der Waals surface area (Å²) in [4.78, 5) is 15.3. The van der Waals surface area contributed by atoms with Gasteiger partial charge in [-0.15, -0.1) is 23.7 Å². The molecule has 0 unspecified atom stereocenters. The zero-order chi connectivity index (χ0) is 16.7. The molecule has 0 aliphatic heterocycles. The van der Waals surface area contributed by atoms with Crippen molar-refractivity contribution in [3.8, 4) is 0 Å². The van der Waals surface area contributed by atoms with E-state index < -0.39 is 16.0 Å². The Hall–Kier alpha value is -0.740. The van der Waals surface area contributed by atoms with Crippen LogP contribution in [0.3, 0.4) is 0 Å². The normalized spacial score (nSPS) is 16.2. The SMILES string of the molecule is COC(=O)c1ncsc1S(=O)(=O)NCCNC1CCCCCC1.Cl. The number of carbonyl (C=O) groups is 1. The summed E-state index contributed by atoms with van der Waals surface area (Å²) in [5, 5.41) is 3.40. The topological polar surface area (TPSA) is 97.4 Å². The second-order valence-electron chi connectivity index (χ2n) is 5.52. The van der Waals surface area contributed by atoms with Crippen LogP contribution in [0.2, 0.25) is 0 Å². The summed E-state index contributed by atoms with van der Waals surface area (Å²) in [6.07, 6.45) is 7.32. The smallest absolute Gasteiger partial charge is 0.358 e. The largest absolute Gasteiger partial charge is 0.464 e. The van der Waals surface area contributed by atoms with Crippen molar-refractivity contribution in [1.82, 2.24) is 15.0 Å². The summed E-state index contributed by atoms with van der Waals surface area (Å²) in [5.74, 6) is -0.747. The number of nitrogens with zero attached hydrogens (tertiary/aromatic N) is 1. The Bertz CT molecular complexity index is 613. The highest BCUT2D eigenvalue weighted by atomic mass is 35.5. The van der Waals surface area contributed by atoms with Crippen LogP contribution in [-0.4, -0.2) is 45.6 Å². The van der Waals surface area contributed by atoms with E-state index in [1.807, 2.05) is 0 Å². The highest BCUT2D eigenvalue weighted by Crippen LogP contribution is 2.20. The number of sulfonamides is 1. The van der Waals surface area contributed by atoms with E-state index in [2.05, 4.69) is 19.8 Å². The zero-order valence-electron chi connectivity index (χ0n) is 13.6. The molecule has 10 heteroatoms. The lowest BCUT2D eigenvalue weighted by Crippen LogP contribution is -2.37. The van der Waals surface area contributed by atoms with Crippen molar-refractivity contribution in [2.24, 2.45) is 0 Å². The van der Waals surface area contributed by atoms with Crippen LogP contribution in [0.15, 0.2) is 9.72 Å². The highest BCUT2D eigenvalue weighted by Gasteiger charge is 2.26. The molecule has 2 rings (SSSR count). The number of thiazole rings is 1. The fourth-order valence-corrected chi connectivity index (χ4v) is 4.88. The van der Waals surface area contributed by atoms with Crippen molar-refractivity contribution >= 4 is 39.7 Å². The molecule has 0 aromatic carbocycles. The maximum absolute atomic E-state index is 12.3. The Labute approximate surface area is 153 Å². The molecule has 1 aromatic rings. The molecule has 138 valence electrons. The van der Waals surface area contributed by atoms with Gasteiger partial charge in [0.15, 0.2) is 9.90 Å². The number of halogens is 1. The number of ether oxygens (including phenoxy) is 1. The van der Waals surface area contributed by atoms with E-state index in [1.54, 1.807) is 0 Å². The lowest BCUT2D eigenvalue weighted by Gasteiger charge is -2.16. The number of aromatic nitrogens is 1. The van der Waals surface area contributed by atoms with Crippen molar-refractivity contribution in [2.45, 2.75) is 48.8 Å². The van der Waals surface area contributed by atoms with E-state index in [1.165, 1.54) is 38.3 Å². The number of rotatable bonds is 7. The molecular weight excluding hydrogens is 374 g/mol. The van der Waals surface area contributed by atoms with E-state index >= 15 is 0 Å². The van der Waals surface area contributed by atoms with E-state index in [0.29, 0.717) is 12.6 Å². The van der Waals surface area contributed by atoms with Crippen molar-refractivity contribution in [3.63, 3.8) is 0 Å². The number of carbonyl (C=O) groups excluding carboxylic acids is 1. The molecule has 1 saturated carbocycles. The van der Waals surface area contributed by atoms with Crippen molar-refractivity contribution in [2.75, 3.05) is 20.2 Å². The fourth-order valence-electron chi connectivity index (χ4n) is 2.67. The molecule has 7 nitrogen and oxygen atoms in total. The van der Waals surface area contributed by atoms with Gasteiger partial charge in [0.2, 0.25) is 0 Å². The zero-order valence-corrected chi connectivity index (χ0v) is 16.1. The molecule has 2 N–H and O–H groups in total. The summed E-state index contributed by atoms with van der Waals surface area (Å²) in [5.41, 5.74) is 1.16. The standard InChI is InChI=1S/C14H23N3O4S2.ClH/c1-21-13(18)12-14(22-10-16-12)23(19,20)17-9-8-15-11-6-4-2-3-5-7-11;/h10-11,15,17H,2-9H2,1H3;1H. The fraction of sp³-hybridized carbons (Fsp3) is 0.714. The minimum Gasteiger partial charge on any atom is -0.464 e. The minimum absolute atomic E-state index is 0. The maximum Gasteiger partial charge on any atom is 0.358 e. The molecule has 1 heterocycles. The van der Waals surface area contributed by atoms with Gasteiger partial charge >= 0.3 is 5.97 Å². The average Bonchev–Trinajstić information content (AvgIpc) is 2.90. The van der Waals surface area contributed by atoms with Gasteiger partial charge in [-0.05, 0) is 12.8 Å².